The molecular formula is C25H34OSi. The van der Waals surface area contributed by atoms with Gasteiger partial charge in [0.1, 0.15) is 5.75 Å². The number of fused-ring (bicyclic) bond motifs is 2. The lowest BCUT2D eigenvalue weighted by Gasteiger charge is -2.33. The summed E-state index contributed by atoms with van der Waals surface area (Å²) in [4.78, 5) is 0. The van der Waals surface area contributed by atoms with Gasteiger partial charge in [0.15, 0.2) is 0 Å². The molecule has 0 N–H and O–H groups in total. The molecule has 0 saturated carbocycles. The van der Waals surface area contributed by atoms with Crippen molar-refractivity contribution < 1.29 is 4.43 Å². The van der Waals surface area contributed by atoms with Crippen molar-refractivity contribution in [3.05, 3.63) is 54.1 Å². The molecule has 0 fully saturated rings. The van der Waals surface area contributed by atoms with Crippen LogP contribution in [-0.2, 0) is 6.42 Å². The monoisotopic (exact) mass is 378 g/mol. The average Bonchev–Trinajstić information content (AvgIpc) is 2.68. The first-order chi connectivity index (χ1) is 13.2. The van der Waals surface area contributed by atoms with E-state index in [4.69, 9.17) is 4.43 Å². The largest absolute Gasteiger partial charge is 0.543 e. The SMILES string of the molecule is CCC[Si](CCC)(CCC)Oc1c2ccccc2cc2cccc(CC)c12. The van der Waals surface area contributed by atoms with Crippen LogP contribution in [0.25, 0.3) is 21.5 Å². The molecule has 3 aromatic rings. The molecule has 0 atom stereocenters. The van der Waals surface area contributed by atoms with Gasteiger partial charge in [0.05, 0.1) is 0 Å². The molecule has 3 rings (SSSR count). The second kappa shape index (κ2) is 8.92. The first-order valence-electron chi connectivity index (χ1n) is 10.8. The van der Waals surface area contributed by atoms with E-state index in [1.807, 2.05) is 0 Å². The van der Waals surface area contributed by atoms with Crippen LogP contribution >= 0.6 is 0 Å². The predicted octanol–water partition coefficient (Wildman–Crippen LogP) is 8.11. The van der Waals surface area contributed by atoms with Gasteiger partial charge in [-0.05, 0) is 47.0 Å². The second-order valence-electron chi connectivity index (χ2n) is 7.83. The molecule has 0 heterocycles. The van der Waals surface area contributed by atoms with E-state index in [-0.39, 0.29) is 0 Å². The van der Waals surface area contributed by atoms with Gasteiger partial charge >= 0.3 is 0 Å². The van der Waals surface area contributed by atoms with Crippen molar-refractivity contribution in [2.75, 3.05) is 0 Å². The van der Waals surface area contributed by atoms with Crippen LogP contribution < -0.4 is 4.43 Å². The van der Waals surface area contributed by atoms with E-state index in [0.717, 1.165) is 6.42 Å². The quantitative estimate of drug-likeness (QED) is 0.270. The third-order valence-electron chi connectivity index (χ3n) is 5.74. The van der Waals surface area contributed by atoms with Crippen molar-refractivity contribution in [1.82, 2.24) is 0 Å². The van der Waals surface area contributed by atoms with E-state index in [9.17, 15) is 0 Å². The maximum atomic E-state index is 7.23. The summed E-state index contributed by atoms with van der Waals surface area (Å²) in [5.41, 5.74) is 1.40. The summed E-state index contributed by atoms with van der Waals surface area (Å²) < 4.78 is 7.23. The molecule has 0 saturated heterocycles. The molecule has 0 radical (unpaired) electrons. The number of hydrogen-bond donors (Lipinski definition) is 0. The molecule has 0 spiro atoms. The molecule has 0 aliphatic carbocycles. The number of benzene rings is 3. The van der Waals surface area contributed by atoms with E-state index in [1.54, 1.807) is 0 Å². The fourth-order valence-corrected chi connectivity index (χ4v) is 9.10. The second-order valence-corrected chi connectivity index (χ2v) is 11.9. The molecule has 0 aliphatic rings. The molecule has 0 aliphatic heterocycles. The Morgan fingerprint density at radius 3 is 2.00 bits per heavy atom. The minimum atomic E-state index is -1.81. The molecule has 0 amide bonds. The van der Waals surface area contributed by atoms with Gasteiger partial charge in [-0.25, -0.2) is 0 Å². The molecule has 1 nitrogen and oxygen atoms in total. The Bertz CT molecular complexity index is 882. The summed E-state index contributed by atoms with van der Waals surface area (Å²) in [5, 5.41) is 5.24. The maximum Gasteiger partial charge on any atom is 0.251 e. The van der Waals surface area contributed by atoms with Gasteiger partial charge in [-0.15, -0.1) is 0 Å². The van der Waals surface area contributed by atoms with Crippen LogP contribution in [0.4, 0.5) is 0 Å². The van der Waals surface area contributed by atoms with Crippen molar-refractivity contribution in [2.24, 2.45) is 0 Å². The van der Waals surface area contributed by atoms with E-state index < -0.39 is 8.32 Å². The van der Waals surface area contributed by atoms with Crippen molar-refractivity contribution in [2.45, 2.75) is 71.5 Å². The Balaban J connectivity index is 2.28. The normalized spacial score (nSPS) is 12.0. The summed E-state index contributed by atoms with van der Waals surface area (Å²) in [6, 6.07) is 21.6. The lowest BCUT2D eigenvalue weighted by molar-refractivity contribution is 0.529. The van der Waals surface area contributed by atoms with Gasteiger partial charge in [-0.3, -0.25) is 0 Å². The maximum absolute atomic E-state index is 7.23. The summed E-state index contributed by atoms with van der Waals surface area (Å²) in [5.74, 6) is 1.17. The number of aryl methyl sites for hydroxylation is 1. The Labute approximate surface area is 165 Å². The first kappa shape index (κ1) is 19.9. The Morgan fingerprint density at radius 1 is 0.741 bits per heavy atom. The first-order valence-corrected chi connectivity index (χ1v) is 13.3. The standard InChI is InChI=1S/C25H34OSi/c1-5-16-27(17-6-2,18-7-3)26-25-23-15-10-9-12-21(23)19-22-14-11-13-20(8-4)24(22)25/h9-15,19H,5-8,16-18H2,1-4H3. The highest BCUT2D eigenvalue weighted by Gasteiger charge is 2.35. The highest BCUT2D eigenvalue weighted by molar-refractivity contribution is 6.74. The zero-order valence-corrected chi connectivity index (χ0v) is 18.5. The van der Waals surface area contributed by atoms with Gasteiger partial charge in [-0.1, -0.05) is 89.4 Å². The van der Waals surface area contributed by atoms with Gasteiger partial charge in [0.25, 0.3) is 8.32 Å². The lowest BCUT2D eigenvalue weighted by atomic mass is 9.97. The number of hydrogen-bond acceptors (Lipinski definition) is 1. The molecule has 27 heavy (non-hydrogen) atoms. The minimum Gasteiger partial charge on any atom is -0.543 e. The van der Waals surface area contributed by atoms with E-state index in [0.29, 0.717) is 0 Å². The highest BCUT2D eigenvalue weighted by Crippen LogP contribution is 2.41. The van der Waals surface area contributed by atoms with E-state index in [2.05, 4.69) is 76.2 Å². The summed E-state index contributed by atoms with van der Waals surface area (Å²) >= 11 is 0. The van der Waals surface area contributed by atoms with Crippen molar-refractivity contribution in [1.29, 1.82) is 0 Å². The fraction of sp³-hybridized carbons (Fsp3) is 0.440. The van der Waals surface area contributed by atoms with Gasteiger partial charge < -0.3 is 4.43 Å². The lowest BCUT2D eigenvalue weighted by Crippen LogP contribution is -2.41. The molecular weight excluding hydrogens is 344 g/mol. The average molecular weight is 379 g/mol. The van der Waals surface area contributed by atoms with E-state index in [1.165, 1.54) is 70.3 Å². The van der Waals surface area contributed by atoms with Crippen molar-refractivity contribution in [3.63, 3.8) is 0 Å². The topological polar surface area (TPSA) is 9.23 Å². The third-order valence-corrected chi connectivity index (χ3v) is 10.6. The summed E-state index contributed by atoms with van der Waals surface area (Å²) in [6.07, 6.45) is 4.69. The Morgan fingerprint density at radius 2 is 1.37 bits per heavy atom. The molecule has 2 heteroatoms. The molecule has 0 bridgehead atoms. The molecule has 144 valence electrons. The fourth-order valence-electron chi connectivity index (χ4n) is 4.66. The zero-order valence-electron chi connectivity index (χ0n) is 17.5. The molecule has 0 aromatic heterocycles. The van der Waals surface area contributed by atoms with Crippen LogP contribution in [-0.4, -0.2) is 8.32 Å². The van der Waals surface area contributed by atoms with Gasteiger partial charge in [-0.2, -0.15) is 0 Å². The van der Waals surface area contributed by atoms with Crippen LogP contribution in [0, 0.1) is 0 Å². The smallest absolute Gasteiger partial charge is 0.251 e. The number of rotatable bonds is 9. The van der Waals surface area contributed by atoms with Crippen LogP contribution in [0.3, 0.4) is 0 Å². The minimum absolute atomic E-state index is 1.04. The molecule has 3 aromatic carbocycles. The third kappa shape index (κ3) is 4.06. The van der Waals surface area contributed by atoms with Crippen LogP contribution in [0.2, 0.25) is 18.1 Å². The molecule has 0 unspecified atom stereocenters. The van der Waals surface area contributed by atoms with Crippen LogP contribution in [0.1, 0.15) is 52.5 Å². The van der Waals surface area contributed by atoms with Crippen molar-refractivity contribution in [3.8, 4) is 5.75 Å². The summed E-state index contributed by atoms with van der Waals surface area (Å²) in [7, 11) is -1.81. The zero-order chi connectivity index (χ0) is 19.3. The summed E-state index contributed by atoms with van der Waals surface area (Å²) in [6.45, 7) is 9.20. The van der Waals surface area contributed by atoms with Gasteiger partial charge in [0.2, 0.25) is 0 Å². The van der Waals surface area contributed by atoms with E-state index >= 15 is 0 Å². The Kier molecular flexibility index (Phi) is 6.59. The van der Waals surface area contributed by atoms with Crippen molar-refractivity contribution >= 4 is 29.9 Å². The van der Waals surface area contributed by atoms with Crippen LogP contribution in [0.5, 0.6) is 5.75 Å². The highest BCUT2D eigenvalue weighted by atomic mass is 28.4. The van der Waals surface area contributed by atoms with Crippen LogP contribution in [0.15, 0.2) is 48.5 Å². The Hall–Kier alpha value is -1.80. The van der Waals surface area contributed by atoms with Gasteiger partial charge in [0, 0.05) is 10.8 Å². The predicted molar refractivity (Wildman–Crippen MR) is 123 cm³/mol.